The zero-order valence-electron chi connectivity index (χ0n) is 11.1. The van der Waals surface area contributed by atoms with Crippen molar-refractivity contribution in [3.05, 3.63) is 77.9 Å². The molecule has 3 rings (SSSR count). The summed E-state index contributed by atoms with van der Waals surface area (Å²) in [5.74, 6) is 0. The summed E-state index contributed by atoms with van der Waals surface area (Å²) in [5, 5.41) is 0. The highest BCUT2D eigenvalue weighted by molar-refractivity contribution is 5.66. The second kappa shape index (κ2) is 5.85. The third kappa shape index (κ3) is 3.12. The number of hydrogen-bond donors (Lipinski definition) is 0. The Kier molecular flexibility index (Phi) is 3.75. The van der Waals surface area contributed by atoms with Crippen molar-refractivity contribution >= 4 is 5.57 Å². The molecule has 0 aromatic heterocycles. The fourth-order valence-corrected chi connectivity index (χ4v) is 2.61. The van der Waals surface area contributed by atoms with Crippen LogP contribution in [0.25, 0.3) is 5.57 Å². The SMILES string of the molecule is C1=C(c2ccccc2)CCN(Cc2ccccc2)C1. The van der Waals surface area contributed by atoms with Crippen LogP contribution in [0.3, 0.4) is 0 Å². The van der Waals surface area contributed by atoms with Crippen LogP contribution < -0.4 is 0 Å². The van der Waals surface area contributed by atoms with Crippen molar-refractivity contribution in [1.82, 2.24) is 4.90 Å². The van der Waals surface area contributed by atoms with Crippen LogP contribution >= 0.6 is 0 Å². The van der Waals surface area contributed by atoms with E-state index in [4.69, 9.17) is 0 Å². The zero-order chi connectivity index (χ0) is 12.9. The van der Waals surface area contributed by atoms with Gasteiger partial charge < -0.3 is 0 Å². The summed E-state index contributed by atoms with van der Waals surface area (Å²) in [6.45, 7) is 3.26. The number of hydrogen-bond acceptors (Lipinski definition) is 1. The van der Waals surface area contributed by atoms with Gasteiger partial charge in [-0.1, -0.05) is 66.7 Å². The summed E-state index contributed by atoms with van der Waals surface area (Å²) in [6.07, 6.45) is 3.53. The van der Waals surface area contributed by atoms with Gasteiger partial charge in [-0.3, -0.25) is 4.90 Å². The molecule has 1 nitrogen and oxygen atoms in total. The Labute approximate surface area is 115 Å². The fraction of sp³-hybridized carbons (Fsp3) is 0.222. The smallest absolute Gasteiger partial charge is 0.0237 e. The molecule has 2 aromatic rings. The number of benzene rings is 2. The third-order valence-corrected chi connectivity index (χ3v) is 3.69. The van der Waals surface area contributed by atoms with Gasteiger partial charge in [0.2, 0.25) is 0 Å². The number of nitrogens with zero attached hydrogens (tertiary/aromatic N) is 1. The molecule has 0 spiro atoms. The normalized spacial score (nSPS) is 16.1. The maximum Gasteiger partial charge on any atom is 0.0237 e. The van der Waals surface area contributed by atoms with Gasteiger partial charge in [-0.2, -0.15) is 0 Å². The first kappa shape index (κ1) is 12.2. The van der Waals surface area contributed by atoms with Crippen molar-refractivity contribution in [2.45, 2.75) is 13.0 Å². The third-order valence-electron chi connectivity index (χ3n) is 3.69. The minimum absolute atomic E-state index is 1.05. The molecule has 0 radical (unpaired) electrons. The highest BCUT2D eigenvalue weighted by Gasteiger charge is 2.12. The molecule has 1 aliphatic heterocycles. The standard InChI is InChI=1S/C18H19N/c1-3-7-16(8-4-1)15-19-13-11-18(12-14-19)17-9-5-2-6-10-17/h1-11H,12-15H2. The van der Waals surface area contributed by atoms with Crippen LogP contribution in [0.5, 0.6) is 0 Å². The fourth-order valence-electron chi connectivity index (χ4n) is 2.61. The van der Waals surface area contributed by atoms with Gasteiger partial charge in [0.15, 0.2) is 0 Å². The largest absolute Gasteiger partial charge is 0.295 e. The monoisotopic (exact) mass is 249 g/mol. The molecule has 0 saturated heterocycles. The Morgan fingerprint density at radius 2 is 1.53 bits per heavy atom. The summed E-state index contributed by atoms with van der Waals surface area (Å²) in [4.78, 5) is 2.50. The van der Waals surface area contributed by atoms with Crippen LogP contribution in [0.4, 0.5) is 0 Å². The minimum Gasteiger partial charge on any atom is -0.295 e. The molecule has 2 aromatic carbocycles. The summed E-state index contributed by atoms with van der Waals surface area (Å²) < 4.78 is 0. The van der Waals surface area contributed by atoms with Gasteiger partial charge in [0.25, 0.3) is 0 Å². The zero-order valence-corrected chi connectivity index (χ0v) is 11.1. The maximum absolute atomic E-state index is 2.50. The second-order valence-electron chi connectivity index (χ2n) is 5.07. The Balaban J connectivity index is 1.64. The molecule has 0 atom stereocenters. The average Bonchev–Trinajstić information content (AvgIpc) is 2.50. The topological polar surface area (TPSA) is 3.24 Å². The Morgan fingerprint density at radius 1 is 0.842 bits per heavy atom. The molecular weight excluding hydrogens is 230 g/mol. The summed E-state index contributed by atoms with van der Waals surface area (Å²) in [5.41, 5.74) is 4.27. The van der Waals surface area contributed by atoms with E-state index < -0.39 is 0 Å². The molecule has 0 aliphatic carbocycles. The van der Waals surface area contributed by atoms with E-state index in [9.17, 15) is 0 Å². The lowest BCUT2D eigenvalue weighted by molar-refractivity contribution is 0.294. The van der Waals surface area contributed by atoms with E-state index in [1.807, 2.05) is 0 Å². The Bertz CT molecular complexity index is 542. The first-order chi connectivity index (χ1) is 9.42. The van der Waals surface area contributed by atoms with Crippen LogP contribution in [0, 0.1) is 0 Å². The first-order valence-corrected chi connectivity index (χ1v) is 6.92. The molecule has 0 N–H and O–H groups in total. The van der Waals surface area contributed by atoms with E-state index in [-0.39, 0.29) is 0 Å². The predicted molar refractivity (Wildman–Crippen MR) is 80.8 cm³/mol. The first-order valence-electron chi connectivity index (χ1n) is 6.92. The van der Waals surface area contributed by atoms with E-state index in [0.29, 0.717) is 0 Å². The van der Waals surface area contributed by atoms with Crippen LogP contribution in [-0.2, 0) is 6.54 Å². The van der Waals surface area contributed by atoms with E-state index >= 15 is 0 Å². The summed E-state index contributed by atoms with van der Waals surface area (Å²) >= 11 is 0. The Morgan fingerprint density at radius 3 is 2.16 bits per heavy atom. The summed E-state index contributed by atoms with van der Waals surface area (Å²) in [7, 11) is 0. The van der Waals surface area contributed by atoms with E-state index in [2.05, 4.69) is 71.6 Å². The molecule has 0 fully saturated rings. The molecule has 1 aliphatic rings. The van der Waals surface area contributed by atoms with Crippen LogP contribution in [0.2, 0.25) is 0 Å². The van der Waals surface area contributed by atoms with Gasteiger partial charge in [0, 0.05) is 19.6 Å². The highest BCUT2D eigenvalue weighted by Crippen LogP contribution is 2.22. The van der Waals surface area contributed by atoms with Crippen molar-refractivity contribution in [2.75, 3.05) is 13.1 Å². The predicted octanol–water partition coefficient (Wildman–Crippen LogP) is 3.98. The molecule has 0 bridgehead atoms. The molecule has 1 heteroatoms. The van der Waals surface area contributed by atoms with E-state index in [1.54, 1.807) is 0 Å². The molecular formula is C18H19N. The average molecular weight is 249 g/mol. The van der Waals surface area contributed by atoms with Gasteiger partial charge in [-0.05, 0) is 23.1 Å². The van der Waals surface area contributed by atoms with Gasteiger partial charge in [-0.25, -0.2) is 0 Å². The van der Waals surface area contributed by atoms with Crippen molar-refractivity contribution in [3.63, 3.8) is 0 Å². The molecule has 19 heavy (non-hydrogen) atoms. The highest BCUT2D eigenvalue weighted by atomic mass is 15.1. The Hall–Kier alpha value is -1.86. The maximum atomic E-state index is 2.50. The lowest BCUT2D eigenvalue weighted by Crippen LogP contribution is -2.27. The molecule has 0 amide bonds. The minimum atomic E-state index is 1.05. The van der Waals surface area contributed by atoms with Crippen molar-refractivity contribution < 1.29 is 0 Å². The lowest BCUT2D eigenvalue weighted by atomic mass is 9.99. The molecule has 0 unspecified atom stereocenters. The van der Waals surface area contributed by atoms with E-state index in [0.717, 1.165) is 26.1 Å². The van der Waals surface area contributed by atoms with Gasteiger partial charge in [-0.15, -0.1) is 0 Å². The van der Waals surface area contributed by atoms with Crippen molar-refractivity contribution in [2.24, 2.45) is 0 Å². The second-order valence-corrected chi connectivity index (χ2v) is 5.07. The van der Waals surface area contributed by atoms with Crippen LogP contribution in [0.15, 0.2) is 66.7 Å². The van der Waals surface area contributed by atoms with Crippen molar-refractivity contribution in [1.29, 1.82) is 0 Å². The van der Waals surface area contributed by atoms with Crippen LogP contribution in [0.1, 0.15) is 17.5 Å². The van der Waals surface area contributed by atoms with Crippen molar-refractivity contribution in [3.8, 4) is 0 Å². The lowest BCUT2D eigenvalue weighted by Gasteiger charge is -2.26. The number of rotatable bonds is 3. The summed E-state index contributed by atoms with van der Waals surface area (Å²) in [6, 6.07) is 21.4. The molecule has 1 heterocycles. The van der Waals surface area contributed by atoms with Gasteiger partial charge in [0.1, 0.15) is 0 Å². The van der Waals surface area contributed by atoms with E-state index in [1.165, 1.54) is 16.7 Å². The van der Waals surface area contributed by atoms with Gasteiger partial charge >= 0.3 is 0 Å². The van der Waals surface area contributed by atoms with Gasteiger partial charge in [0.05, 0.1) is 0 Å². The molecule has 0 saturated carbocycles. The quantitative estimate of drug-likeness (QED) is 0.795. The van der Waals surface area contributed by atoms with Crippen LogP contribution in [-0.4, -0.2) is 18.0 Å². The molecule has 96 valence electrons.